The fourth-order valence-electron chi connectivity index (χ4n) is 11.8. The molecule has 0 aliphatic heterocycles. The van der Waals surface area contributed by atoms with Gasteiger partial charge in [0.25, 0.3) is 0 Å². The van der Waals surface area contributed by atoms with Crippen LogP contribution in [0.2, 0.25) is 0 Å². The van der Waals surface area contributed by atoms with Crippen molar-refractivity contribution in [2.24, 2.45) is 0 Å². The second-order valence-electron chi connectivity index (χ2n) is 18.4. The number of fused-ring (bicyclic) bond motifs is 13. The van der Waals surface area contributed by atoms with Crippen molar-refractivity contribution in [3.05, 3.63) is 276 Å². The summed E-state index contributed by atoms with van der Waals surface area (Å²) in [6, 6.07) is 90.1. The largest absolute Gasteiger partial charge is 0.310 e. The molecule has 0 saturated carbocycles. The van der Waals surface area contributed by atoms with Gasteiger partial charge in [0.05, 0.1) is 11.1 Å². The van der Waals surface area contributed by atoms with Crippen molar-refractivity contribution in [3.8, 4) is 44.5 Å². The summed E-state index contributed by atoms with van der Waals surface area (Å²) in [6.07, 6.45) is 0. The second-order valence-corrected chi connectivity index (χ2v) is 18.4. The van der Waals surface area contributed by atoms with E-state index in [1.165, 1.54) is 77.9 Å². The lowest BCUT2D eigenvalue weighted by Gasteiger charge is -2.34. The van der Waals surface area contributed by atoms with Gasteiger partial charge in [-0.05, 0) is 145 Å². The van der Waals surface area contributed by atoms with Crippen LogP contribution >= 0.6 is 0 Å². The van der Waals surface area contributed by atoms with Crippen LogP contribution in [0.1, 0.15) is 47.2 Å². The smallest absolute Gasteiger partial charge is 0.0727 e. The number of benzene rings is 10. The van der Waals surface area contributed by atoms with Crippen LogP contribution in [0.3, 0.4) is 0 Å². The zero-order valence-electron chi connectivity index (χ0n) is 37.0. The molecule has 0 radical (unpaired) electrons. The first-order valence-electron chi connectivity index (χ1n) is 23.1. The first kappa shape index (κ1) is 38.3. The summed E-state index contributed by atoms with van der Waals surface area (Å²) < 4.78 is 0. The van der Waals surface area contributed by atoms with Gasteiger partial charge < -0.3 is 9.80 Å². The van der Waals surface area contributed by atoms with E-state index in [1.807, 2.05) is 0 Å². The Morgan fingerprint density at radius 1 is 0.258 bits per heavy atom. The topological polar surface area (TPSA) is 6.48 Å². The van der Waals surface area contributed by atoms with Crippen LogP contribution in [0.25, 0.3) is 44.5 Å². The van der Waals surface area contributed by atoms with Crippen LogP contribution in [0.5, 0.6) is 0 Å². The highest BCUT2D eigenvalue weighted by Gasteiger charge is 2.52. The Morgan fingerprint density at radius 2 is 0.652 bits per heavy atom. The minimum absolute atomic E-state index is 0.154. The van der Waals surface area contributed by atoms with E-state index in [9.17, 15) is 0 Å². The number of para-hydroxylation sites is 3. The molecule has 10 aromatic rings. The summed E-state index contributed by atoms with van der Waals surface area (Å²) >= 11 is 0. The van der Waals surface area contributed by atoms with E-state index in [2.05, 4.69) is 266 Å². The van der Waals surface area contributed by atoms with Gasteiger partial charge in [0.1, 0.15) is 0 Å². The van der Waals surface area contributed by atoms with Crippen molar-refractivity contribution < 1.29 is 0 Å². The van der Waals surface area contributed by atoms with E-state index in [4.69, 9.17) is 0 Å². The van der Waals surface area contributed by atoms with E-state index >= 15 is 0 Å². The number of hydrogen-bond donors (Lipinski definition) is 0. The number of hydrogen-bond acceptors (Lipinski definition) is 2. The Kier molecular flexibility index (Phi) is 8.51. The fraction of sp³-hybridized carbons (Fsp3) is 0.0625. The van der Waals surface area contributed by atoms with Gasteiger partial charge in [0.15, 0.2) is 0 Å². The van der Waals surface area contributed by atoms with Crippen molar-refractivity contribution in [2.45, 2.75) is 24.7 Å². The molecule has 0 amide bonds. The van der Waals surface area contributed by atoms with Crippen LogP contribution in [0.15, 0.2) is 243 Å². The van der Waals surface area contributed by atoms with Crippen molar-refractivity contribution in [3.63, 3.8) is 0 Å². The Balaban J connectivity index is 1.11. The van der Waals surface area contributed by atoms with E-state index in [-0.39, 0.29) is 5.41 Å². The van der Waals surface area contributed by atoms with Crippen LogP contribution < -0.4 is 9.80 Å². The summed E-state index contributed by atoms with van der Waals surface area (Å²) in [6.45, 7) is 4.75. The molecule has 3 aliphatic carbocycles. The Hall–Kier alpha value is -8.20. The third kappa shape index (κ3) is 5.48. The third-order valence-electron chi connectivity index (χ3n) is 14.6. The molecular formula is C64H46N2. The lowest BCUT2D eigenvalue weighted by Crippen LogP contribution is -2.26. The SMILES string of the molecule is CC1(C)c2ccccc2-c2ccc(N(c3ccccc3)c3cc4c(cc3-c3ccccc3)-c3ccccc3C43c4ccccc4-c4ccc(N(c5ccccc5)c5ccccc5)cc43)cc21. The van der Waals surface area contributed by atoms with Crippen LogP contribution in [0, 0.1) is 0 Å². The number of nitrogens with zero attached hydrogens (tertiary/aromatic N) is 2. The maximum absolute atomic E-state index is 2.56. The highest BCUT2D eigenvalue weighted by molar-refractivity contribution is 6.01. The maximum atomic E-state index is 2.56. The van der Waals surface area contributed by atoms with E-state index in [0.717, 1.165) is 34.1 Å². The summed E-state index contributed by atoms with van der Waals surface area (Å²) in [7, 11) is 0. The zero-order valence-corrected chi connectivity index (χ0v) is 37.0. The molecule has 2 heteroatoms. The van der Waals surface area contributed by atoms with Crippen LogP contribution in [-0.4, -0.2) is 0 Å². The van der Waals surface area contributed by atoms with Gasteiger partial charge in [0.2, 0.25) is 0 Å². The average molecular weight is 843 g/mol. The normalized spacial score (nSPS) is 15.3. The van der Waals surface area contributed by atoms with Crippen LogP contribution in [-0.2, 0) is 10.8 Å². The fourth-order valence-corrected chi connectivity index (χ4v) is 11.8. The summed E-state index contributed by atoms with van der Waals surface area (Å²) in [5.74, 6) is 0. The summed E-state index contributed by atoms with van der Waals surface area (Å²) in [4.78, 5) is 4.91. The number of rotatable bonds is 7. The molecule has 0 bridgehead atoms. The second kappa shape index (κ2) is 14.7. The van der Waals surface area contributed by atoms with Crippen molar-refractivity contribution >= 4 is 34.1 Å². The maximum Gasteiger partial charge on any atom is 0.0727 e. The highest BCUT2D eigenvalue weighted by Crippen LogP contribution is 2.65. The zero-order chi connectivity index (χ0) is 44.0. The molecule has 13 rings (SSSR count). The third-order valence-corrected chi connectivity index (χ3v) is 14.6. The molecule has 1 atom stereocenters. The average Bonchev–Trinajstić information content (AvgIpc) is 3.93. The Labute approximate surface area is 387 Å². The molecule has 3 aliphatic rings. The molecule has 0 heterocycles. The number of anilines is 6. The summed E-state index contributed by atoms with van der Waals surface area (Å²) in [5.41, 5.74) is 24.1. The molecule has 1 spiro atoms. The first-order chi connectivity index (χ1) is 32.5. The molecule has 0 saturated heterocycles. The summed E-state index contributed by atoms with van der Waals surface area (Å²) in [5, 5.41) is 0. The molecular weight excluding hydrogens is 797 g/mol. The van der Waals surface area contributed by atoms with Gasteiger partial charge in [-0.15, -0.1) is 0 Å². The molecule has 2 nitrogen and oxygen atoms in total. The Morgan fingerprint density at radius 3 is 1.23 bits per heavy atom. The predicted octanol–water partition coefficient (Wildman–Crippen LogP) is 16.9. The van der Waals surface area contributed by atoms with E-state index < -0.39 is 5.41 Å². The highest BCUT2D eigenvalue weighted by atomic mass is 15.1. The lowest BCUT2D eigenvalue weighted by atomic mass is 9.70. The first-order valence-corrected chi connectivity index (χ1v) is 23.1. The van der Waals surface area contributed by atoms with Gasteiger partial charge in [-0.1, -0.05) is 184 Å². The quantitative estimate of drug-likeness (QED) is 0.158. The minimum atomic E-state index is -0.596. The molecule has 1 unspecified atom stereocenters. The van der Waals surface area contributed by atoms with Crippen molar-refractivity contribution in [1.82, 2.24) is 0 Å². The molecule has 312 valence electrons. The van der Waals surface area contributed by atoms with Gasteiger partial charge >= 0.3 is 0 Å². The lowest BCUT2D eigenvalue weighted by molar-refractivity contribution is 0.660. The van der Waals surface area contributed by atoms with E-state index in [1.54, 1.807) is 0 Å². The molecule has 0 N–H and O–H groups in total. The predicted molar refractivity (Wildman–Crippen MR) is 275 cm³/mol. The monoisotopic (exact) mass is 842 g/mol. The molecule has 10 aromatic carbocycles. The van der Waals surface area contributed by atoms with Crippen molar-refractivity contribution in [1.29, 1.82) is 0 Å². The molecule has 0 fully saturated rings. The molecule has 66 heavy (non-hydrogen) atoms. The van der Waals surface area contributed by atoms with E-state index in [0.29, 0.717) is 0 Å². The van der Waals surface area contributed by atoms with Gasteiger partial charge in [-0.25, -0.2) is 0 Å². The van der Waals surface area contributed by atoms with Gasteiger partial charge in [-0.2, -0.15) is 0 Å². The van der Waals surface area contributed by atoms with Gasteiger partial charge in [-0.3, -0.25) is 0 Å². The van der Waals surface area contributed by atoms with Crippen LogP contribution in [0.4, 0.5) is 34.1 Å². The van der Waals surface area contributed by atoms with Crippen molar-refractivity contribution in [2.75, 3.05) is 9.80 Å². The minimum Gasteiger partial charge on any atom is -0.310 e. The van der Waals surface area contributed by atoms with Gasteiger partial charge in [0, 0.05) is 39.4 Å². The molecule has 0 aromatic heterocycles. The standard InChI is InChI=1S/C64H46N2/c1-63(2)56-32-18-15-29-49(56)52-37-36-48(39-59(52)63)66(46-27-13-6-14-28-46)62-42-61-55(41-54(62)43-21-7-3-8-22-43)51-31-17-20-34-58(51)64(61)57-33-19-16-30-50(57)53-38-35-47(40-60(53)64)65(44-23-9-4-10-24-44)45-25-11-5-12-26-45/h3-42H,1-2H3. The Bertz CT molecular complexity index is 3460.